The summed E-state index contributed by atoms with van der Waals surface area (Å²) in [4.78, 5) is 35.6. The molecule has 344 valence electrons. The molecule has 0 bridgehead atoms. The Bertz CT molecular complexity index is 1340. The zero-order valence-corrected chi connectivity index (χ0v) is 36.7. The van der Waals surface area contributed by atoms with Gasteiger partial charge in [0.05, 0.1) is 12.7 Å². The predicted molar refractivity (Wildman–Crippen MR) is 231 cm³/mol. The fourth-order valence-electron chi connectivity index (χ4n) is 6.13. The third kappa shape index (κ3) is 27.2. The van der Waals surface area contributed by atoms with E-state index in [9.17, 15) is 49.7 Å². The Kier molecular flexibility index (Phi) is 32.0. The van der Waals surface area contributed by atoms with Crippen molar-refractivity contribution in [2.75, 3.05) is 13.2 Å². The molecule has 7 N–H and O–H groups in total. The van der Waals surface area contributed by atoms with Crippen LogP contribution in [0.15, 0.2) is 72.9 Å². The molecular formula is C45H75O14P. The van der Waals surface area contributed by atoms with Crippen LogP contribution in [0, 0.1) is 0 Å². The molecule has 1 saturated carbocycles. The molecule has 14 nitrogen and oxygen atoms in total. The average Bonchev–Trinajstić information content (AvgIpc) is 3.22. The first kappa shape index (κ1) is 55.3. The molecular weight excluding hydrogens is 795 g/mol. The van der Waals surface area contributed by atoms with Crippen molar-refractivity contribution < 1.29 is 68.2 Å². The highest BCUT2D eigenvalue weighted by molar-refractivity contribution is 7.47. The number of hydrogen-bond donors (Lipinski definition) is 7. The number of aliphatic hydroxyl groups excluding tert-OH is 6. The lowest BCUT2D eigenvalue weighted by Crippen LogP contribution is -2.64. The second-order valence-corrected chi connectivity index (χ2v) is 16.4. The van der Waals surface area contributed by atoms with Crippen molar-refractivity contribution in [3.8, 4) is 0 Å². The van der Waals surface area contributed by atoms with Crippen LogP contribution in [0.25, 0.3) is 0 Å². The minimum Gasteiger partial charge on any atom is -0.462 e. The number of carbonyl (C=O) groups is 2. The van der Waals surface area contributed by atoms with E-state index in [-0.39, 0.29) is 12.8 Å². The molecule has 0 radical (unpaired) electrons. The Hall–Kier alpha value is -2.75. The molecule has 0 amide bonds. The van der Waals surface area contributed by atoms with Gasteiger partial charge in [0, 0.05) is 12.8 Å². The Morgan fingerprint density at radius 1 is 0.600 bits per heavy atom. The molecule has 9 atom stereocenters. The highest BCUT2D eigenvalue weighted by Crippen LogP contribution is 2.47. The fraction of sp³-hybridized carbons (Fsp3) is 0.689. The summed E-state index contributed by atoms with van der Waals surface area (Å²) >= 11 is 0. The molecule has 0 heterocycles. The third-order valence-electron chi connectivity index (χ3n) is 9.65. The lowest BCUT2D eigenvalue weighted by Gasteiger charge is -2.41. The second kappa shape index (κ2) is 34.8. The van der Waals surface area contributed by atoms with E-state index in [4.69, 9.17) is 18.5 Å². The number of phosphoric acid groups is 1. The first-order chi connectivity index (χ1) is 28.8. The van der Waals surface area contributed by atoms with Gasteiger partial charge in [-0.25, -0.2) is 4.57 Å². The van der Waals surface area contributed by atoms with Gasteiger partial charge in [-0.1, -0.05) is 132 Å². The van der Waals surface area contributed by atoms with E-state index in [1.165, 1.54) is 0 Å². The molecule has 0 saturated heterocycles. The van der Waals surface area contributed by atoms with Crippen LogP contribution in [-0.2, 0) is 32.7 Å². The quantitative estimate of drug-likeness (QED) is 0.0115. The van der Waals surface area contributed by atoms with Crippen molar-refractivity contribution in [1.29, 1.82) is 0 Å². The molecule has 1 aliphatic carbocycles. The number of rotatable bonds is 34. The Morgan fingerprint density at radius 2 is 1.10 bits per heavy atom. The van der Waals surface area contributed by atoms with Crippen LogP contribution in [0.4, 0.5) is 0 Å². The number of hydrogen-bond acceptors (Lipinski definition) is 13. The first-order valence-corrected chi connectivity index (χ1v) is 23.3. The maximum atomic E-state index is 12.8. The van der Waals surface area contributed by atoms with Crippen molar-refractivity contribution in [3.63, 3.8) is 0 Å². The second-order valence-electron chi connectivity index (χ2n) is 15.0. The number of unbranched alkanes of at least 4 members (excludes halogenated alkanes) is 9. The van der Waals surface area contributed by atoms with Crippen LogP contribution in [0.5, 0.6) is 0 Å². The van der Waals surface area contributed by atoms with Crippen molar-refractivity contribution in [1.82, 2.24) is 0 Å². The average molecular weight is 871 g/mol. The molecule has 0 aliphatic heterocycles. The molecule has 0 aromatic rings. The highest BCUT2D eigenvalue weighted by Gasteiger charge is 2.51. The van der Waals surface area contributed by atoms with Crippen LogP contribution in [0.1, 0.15) is 136 Å². The SMILES string of the molecule is CC/C=C\C/C=C\C/C=C\CCCCCCCC(=O)O[C@H](COC(=O)CCCCCCCC(O)/C=C/C=C/C/C=C/CC)COP(=O)(O)OC1[C@H](O)[C@H](O)C(O)[C@H](O)[C@H]1O. The van der Waals surface area contributed by atoms with E-state index < -0.39 is 81.8 Å². The van der Waals surface area contributed by atoms with Gasteiger partial charge in [0.2, 0.25) is 0 Å². The molecule has 1 aliphatic rings. The number of phosphoric ester groups is 1. The third-order valence-corrected chi connectivity index (χ3v) is 10.6. The van der Waals surface area contributed by atoms with Crippen LogP contribution < -0.4 is 0 Å². The number of ether oxygens (including phenoxy) is 2. The standard InChI is InChI=1S/C45H75O14P/c1-3-5-7-9-11-12-13-14-15-16-17-18-20-24-29-33-39(48)58-37(35-57-60(54,55)59-45-43(52)41(50)40(49)42(51)44(45)53)34-56-38(47)32-28-25-21-23-27-31-36(46)30-26-22-19-10-8-6-4-2/h5-8,11-12,14-15,19,22,26,30,36-37,40-46,49-53H,3-4,9-10,13,16-18,20-21,23-25,27-29,31-35H2,1-2H3,(H,54,55)/b7-5-,8-6+,12-11-,15-14-,22-19+,30-26+/t36?,37-,40?,41-,42+,43-,44-,45?/m1/s1. The molecule has 0 aromatic carbocycles. The van der Waals surface area contributed by atoms with Crippen molar-refractivity contribution >= 4 is 19.8 Å². The summed E-state index contributed by atoms with van der Waals surface area (Å²) in [6.07, 6.45) is 25.5. The van der Waals surface area contributed by atoms with Gasteiger partial charge in [0.25, 0.3) is 0 Å². The van der Waals surface area contributed by atoms with Gasteiger partial charge in [0.1, 0.15) is 43.2 Å². The predicted octanol–water partition coefficient (Wildman–Crippen LogP) is 6.91. The normalized spacial score (nSPS) is 23.4. The molecule has 1 rings (SSSR count). The molecule has 4 unspecified atom stereocenters. The van der Waals surface area contributed by atoms with Crippen LogP contribution in [-0.4, -0.2) is 110 Å². The Morgan fingerprint density at radius 3 is 1.72 bits per heavy atom. The van der Waals surface area contributed by atoms with Crippen LogP contribution in [0.3, 0.4) is 0 Å². The van der Waals surface area contributed by atoms with Crippen molar-refractivity contribution in [2.24, 2.45) is 0 Å². The van der Waals surface area contributed by atoms with E-state index in [2.05, 4.69) is 62.5 Å². The summed E-state index contributed by atoms with van der Waals surface area (Å²) < 4.78 is 33.4. The van der Waals surface area contributed by atoms with Gasteiger partial charge in [-0.05, 0) is 64.2 Å². The lowest BCUT2D eigenvalue weighted by molar-refractivity contribution is -0.220. The molecule has 60 heavy (non-hydrogen) atoms. The number of carbonyl (C=O) groups excluding carboxylic acids is 2. The molecule has 1 fully saturated rings. The number of aliphatic hydroxyl groups is 6. The summed E-state index contributed by atoms with van der Waals surface area (Å²) in [7, 11) is -5.15. The summed E-state index contributed by atoms with van der Waals surface area (Å²) in [5.74, 6) is -1.20. The maximum absolute atomic E-state index is 12.8. The van der Waals surface area contributed by atoms with E-state index in [1.54, 1.807) is 6.08 Å². The van der Waals surface area contributed by atoms with Crippen molar-refractivity contribution in [3.05, 3.63) is 72.9 Å². The van der Waals surface area contributed by atoms with Gasteiger partial charge < -0.3 is 45.0 Å². The zero-order valence-electron chi connectivity index (χ0n) is 35.8. The topological polar surface area (TPSA) is 230 Å². The van der Waals surface area contributed by atoms with Crippen LogP contribution in [0.2, 0.25) is 0 Å². The van der Waals surface area contributed by atoms with Gasteiger partial charge in [-0.15, -0.1) is 0 Å². The van der Waals surface area contributed by atoms with Crippen LogP contribution >= 0.6 is 7.82 Å². The highest BCUT2D eigenvalue weighted by atomic mass is 31.2. The van der Waals surface area contributed by atoms with Gasteiger partial charge >= 0.3 is 19.8 Å². The molecule has 0 aromatic heterocycles. The lowest BCUT2D eigenvalue weighted by atomic mass is 9.85. The summed E-state index contributed by atoms with van der Waals surface area (Å²) in [6.45, 7) is 2.93. The van der Waals surface area contributed by atoms with E-state index >= 15 is 0 Å². The summed E-state index contributed by atoms with van der Waals surface area (Å²) in [5.41, 5.74) is 0. The molecule has 0 spiro atoms. The van der Waals surface area contributed by atoms with Gasteiger partial charge in [-0.3, -0.25) is 18.6 Å². The number of allylic oxidation sites excluding steroid dienone is 11. The largest absolute Gasteiger partial charge is 0.472 e. The fourth-order valence-corrected chi connectivity index (χ4v) is 7.10. The Labute approximate surface area is 358 Å². The minimum atomic E-state index is -5.15. The number of esters is 2. The zero-order chi connectivity index (χ0) is 44.4. The van der Waals surface area contributed by atoms with E-state index in [1.807, 2.05) is 18.2 Å². The molecule has 15 heteroatoms. The van der Waals surface area contributed by atoms with E-state index in [0.717, 1.165) is 89.9 Å². The minimum absolute atomic E-state index is 0.0529. The van der Waals surface area contributed by atoms with Gasteiger partial charge in [-0.2, -0.15) is 0 Å². The summed E-state index contributed by atoms with van der Waals surface area (Å²) in [5, 5.41) is 60.2. The first-order valence-electron chi connectivity index (χ1n) is 21.8. The Balaban J connectivity index is 2.54. The van der Waals surface area contributed by atoms with Gasteiger partial charge in [0.15, 0.2) is 6.10 Å². The van der Waals surface area contributed by atoms with Crippen molar-refractivity contribution in [2.45, 2.75) is 185 Å². The monoisotopic (exact) mass is 870 g/mol. The summed E-state index contributed by atoms with van der Waals surface area (Å²) in [6, 6.07) is 0. The van der Waals surface area contributed by atoms with E-state index in [0.29, 0.717) is 19.3 Å². The smallest absolute Gasteiger partial charge is 0.462 e. The maximum Gasteiger partial charge on any atom is 0.472 e.